The molecule has 27 heavy (non-hydrogen) atoms. The summed E-state index contributed by atoms with van der Waals surface area (Å²) in [4.78, 5) is 23.9. The first-order valence-electron chi connectivity index (χ1n) is 9.01. The Balaban J connectivity index is 1.68. The largest absolute Gasteiger partial charge is 0.469 e. The summed E-state index contributed by atoms with van der Waals surface area (Å²) in [5, 5.41) is 5.50. The van der Waals surface area contributed by atoms with Crippen molar-refractivity contribution in [3.05, 3.63) is 54.0 Å². The van der Waals surface area contributed by atoms with Gasteiger partial charge in [0.15, 0.2) is 0 Å². The Bertz CT molecular complexity index is 757. The van der Waals surface area contributed by atoms with Crippen LogP contribution in [0.25, 0.3) is 0 Å². The molecule has 2 rings (SSSR count). The van der Waals surface area contributed by atoms with Crippen LogP contribution in [-0.2, 0) is 33.2 Å². The summed E-state index contributed by atoms with van der Waals surface area (Å²) in [6.45, 7) is 3.94. The smallest absolute Gasteiger partial charge is 0.237 e. The summed E-state index contributed by atoms with van der Waals surface area (Å²) in [5.74, 6) is -0.211. The van der Waals surface area contributed by atoms with Crippen LogP contribution in [0.1, 0.15) is 31.6 Å². The minimum atomic E-state index is -1.55. The Hall–Kier alpha value is -2.41. The van der Waals surface area contributed by atoms with Gasteiger partial charge >= 0.3 is 0 Å². The van der Waals surface area contributed by atoms with Crippen LogP contribution < -0.4 is 10.6 Å². The SMILES string of the molecule is CCc1ccc(NC(=O)C[S@](=O)CC(=O)N[C@H](C)CCc2ccco2)cc1. The van der Waals surface area contributed by atoms with Crippen molar-refractivity contribution in [3.8, 4) is 0 Å². The highest BCUT2D eigenvalue weighted by Gasteiger charge is 2.15. The lowest BCUT2D eigenvalue weighted by Gasteiger charge is -2.13. The maximum Gasteiger partial charge on any atom is 0.237 e. The van der Waals surface area contributed by atoms with Gasteiger partial charge in [-0.3, -0.25) is 13.8 Å². The molecule has 0 bridgehead atoms. The molecule has 0 saturated heterocycles. The van der Waals surface area contributed by atoms with Crippen molar-refractivity contribution in [1.29, 1.82) is 0 Å². The highest BCUT2D eigenvalue weighted by molar-refractivity contribution is 7.86. The molecule has 1 aromatic heterocycles. The number of carbonyl (C=O) groups is 2. The molecule has 2 aromatic rings. The van der Waals surface area contributed by atoms with Crippen molar-refractivity contribution in [3.63, 3.8) is 0 Å². The molecule has 7 heteroatoms. The van der Waals surface area contributed by atoms with E-state index in [0.29, 0.717) is 5.69 Å². The lowest BCUT2D eigenvalue weighted by Crippen LogP contribution is -2.37. The number of benzene rings is 1. The summed E-state index contributed by atoms with van der Waals surface area (Å²) in [6.07, 6.45) is 3.98. The van der Waals surface area contributed by atoms with Crippen LogP contribution in [0.3, 0.4) is 0 Å². The molecule has 0 aliphatic carbocycles. The molecule has 146 valence electrons. The molecule has 2 amide bonds. The Morgan fingerprint density at radius 1 is 1.11 bits per heavy atom. The monoisotopic (exact) mass is 390 g/mol. The molecule has 1 aromatic carbocycles. The van der Waals surface area contributed by atoms with Crippen LogP contribution in [0, 0.1) is 0 Å². The molecule has 0 saturated carbocycles. The van der Waals surface area contributed by atoms with Crippen molar-refractivity contribution in [1.82, 2.24) is 5.32 Å². The van der Waals surface area contributed by atoms with Gasteiger partial charge in [0.25, 0.3) is 0 Å². The molecule has 0 aliphatic heterocycles. The summed E-state index contributed by atoms with van der Waals surface area (Å²) in [5.41, 5.74) is 1.83. The zero-order valence-electron chi connectivity index (χ0n) is 15.7. The van der Waals surface area contributed by atoms with Crippen LogP contribution in [0.4, 0.5) is 5.69 Å². The zero-order valence-corrected chi connectivity index (χ0v) is 16.5. The van der Waals surface area contributed by atoms with E-state index in [9.17, 15) is 13.8 Å². The topological polar surface area (TPSA) is 88.4 Å². The second-order valence-electron chi connectivity index (χ2n) is 6.41. The number of aryl methyl sites for hydroxylation is 2. The van der Waals surface area contributed by atoms with Gasteiger partial charge in [-0.2, -0.15) is 0 Å². The molecule has 1 heterocycles. The highest BCUT2D eigenvalue weighted by atomic mass is 32.2. The first-order chi connectivity index (χ1) is 13.0. The normalized spacial score (nSPS) is 13.0. The van der Waals surface area contributed by atoms with E-state index in [-0.39, 0.29) is 29.4 Å². The Morgan fingerprint density at radius 3 is 2.44 bits per heavy atom. The van der Waals surface area contributed by atoms with Crippen molar-refractivity contribution in [2.45, 2.75) is 39.2 Å². The molecule has 0 spiro atoms. The van der Waals surface area contributed by atoms with E-state index in [2.05, 4.69) is 17.6 Å². The van der Waals surface area contributed by atoms with Crippen molar-refractivity contribution in [2.24, 2.45) is 0 Å². The summed E-state index contributed by atoms with van der Waals surface area (Å²) < 4.78 is 17.3. The van der Waals surface area contributed by atoms with Gasteiger partial charge in [-0.25, -0.2) is 0 Å². The summed E-state index contributed by atoms with van der Waals surface area (Å²) in [6, 6.07) is 11.1. The van der Waals surface area contributed by atoms with Gasteiger partial charge in [0.1, 0.15) is 17.3 Å². The minimum absolute atomic E-state index is 0.0643. The van der Waals surface area contributed by atoms with Gasteiger partial charge < -0.3 is 15.1 Å². The van der Waals surface area contributed by atoms with Crippen molar-refractivity contribution >= 4 is 28.3 Å². The van der Waals surface area contributed by atoms with Crippen molar-refractivity contribution < 1.29 is 18.2 Å². The molecule has 0 unspecified atom stereocenters. The van der Waals surface area contributed by atoms with E-state index in [1.807, 2.05) is 43.3 Å². The Morgan fingerprint density at radius 2 is 1.81 bits per heavy atom. The number of carbonyl (C=O) groups excluding carboxylic acids is 2. The third kappa shape index (κ3) is 7.78. The third-order valence-corrected chi connectivity index (χ3v) is 5.21. The van der Waals surface area contributed by atoms with Gasteiger partial charge in [0.2, 0.25) is 11.8 Å². The standard InChI is InChI=1S/C20H26N2O4S/c1-3-16-7-9-17(10-8-16)22-20(24)14-27(25)13-19(23)21-15(2)6-11-18-5-4-12-26-18/h4-5,7-10,12,15H,3,6,11,13-14H2,1-2H3,(H,21,23)(H,22,24)/t15-,27-/m1/s1. The highest BCUT2D eigenvalue weighted by Crippen LogP contribution is 2.10. The second kappa shape index (κ2) is 10.7. The lowest BCUT2D eigenvalue weighted by atomic mass is 10.1. The quantitative estimate of drug-likeness (QED) is 0.653. The Labute approximate surface area is 162 Å². The maximum absolute atomic E-state index is 12.1. The van der Waals surface area contributed by atoms with Crippen LogP contribution in [0.5, 0.6) is 0 Å². The molecule has 0 radical (unpaired) electrons. The maximum atomic E-state index is 12.1. The average Bonchev–Trinajstić information content (AvgIpc) is 3.13. The lowest BCUT2D eigenvalue weighted by molar-refractivity contribution is -0.119. The van der Waals surface area contributed by atoms with Gasteiger partial charge in [-0.15, -0.1) is 0 Å². The first kappa shape index (κ1) is 20.9. The first-order valence-corrected chi connectivity index (χ1v) is 10.5. The molecule has 0 fully saturated rings. The molecule has 2 atom stereocenters. The molecule has 2 N–H and O–H groups in total. The summed E-state index contributed by atoms with van der Waals surface area (Å²) in [7, 11) is -1.55. The predicted molar refractivity (Wildman–Crippen MR) is 107 cm³/mol. The zero-order chi connectivity index (χ0) is 19.6. The van der Waals surface area contributed by atoms with E-state index in [1.54, 1.807) is 6.26 Å². The van der Waals surface area contributed by atoms with Crippen LogP contribution >= 0.6 is 0 Å². The van der Waals surface area contributed by atoms with E-state index in [4.69, 9.17) is 4.42 Å². The second-order valence-corrected chi connectivity index (χ2v) is 7.87. The van der Waals surface area contributed by atoms with Crippen LogP contribution in [0.15, 0.2) is 47.1 Å². The fraction of sp³-hybridized carbons (Fsp3) is 0.400. The number of amides is 2. The van der Waals surface area contributed by atoms with E-state index in [0.717, 1.165) is 25.0 Å². The van der Waals surface area contributed by atoms with E-state index in [1.165, 1.54) is 5.56 Å². The average molecular weight is 391 g/mol. The Kier molecular flexibility index (Phi) is 8.26. The molecular formula is C20H26N2O4S. The summed E-state index contributed by atoms with van der Waals surface area (Å²) >= 11 is 0. The number of hydrogen-bond acceptors (Lipinski definition) is 4. The fourth-order valence-corrected chi connectivity index (χ4v) is 3.41. The fourth-order valence-electron chi connectivity index (χ4n) is 2.57. The number of nitrogens with one attached hydrogen (secondary N) is 2. The van der Waals surface area contributed by atoms with E-state index < -0.39 is 10.8 Å². The molecule has 6 nitrogen and oxygen atoms in total. The van der Waals surface area contributed by atoms with Crippen LogP contribution in [-0.4, -0.2) is 33.6 Å². The third-order valence-electron chi connectivity index (χ3n) is 4.04. The number of anilines is 1. The predicted octanol–water partition coefficient (Wildman–Crippen LogP) is 2.67. The molecule has 0 aliphatic rings. The van der Waals surface area contributed by atoms with Gasteiger partial charge in [0.05, 0.1) is 6.26 Å². The molecular weight excluding hydrogens is 364 g/mol. The number of rotatable bonds is 10. The van der Waals surface area contributed by atoms with Crippen LogP contribution in [0.2, 0.25) is 0 Å². The van der Waals surface area contributed by atoms with Gasteiger partial charge in [-0.1, -0.05) is 19.1 Å². The van der Waals surface area contributed by atoms with Gasteiger partial charge in [-0.05, 0) is 49.6 Å². The number of hydrogen-bond donors (Lipinski definition) is 2. The van der Waals surface area contributed by atoms with Crippen molar-refractivity contribution in [2.75, 3.05) is 16.8 Å². The number of furan rings is 1. The minimum Gasteiger partial charge on any atom is -0.469 e. The van der Waals surface area contributed by atoms with E-state index >= 15 is 0 Å². The van der Waals surface area contributed by atoms with Gasteiger partial charge in [0, 0.05) is 28.9 Å².